The number of halogens is 1. The zero-order valence-corrected chi connectivity index (χ0v) is 19.7. The van der Waals surface area contributed by atoms with E-state index in [2.05, 4.69) is 52.2 Å². The average molecular weight is 521 g/mol. The van der Waals surface area contributed by atoms with Crippen molar-refractivity contribution in [1.29, 1.82) is 0 Å². The van der Waals surface area contributed by atoms with Crippen LogP contribution in [-0.2, 0) is 13.1 Å². The molecule has 0 atom stereocenters. The van der Waals surface area contributed by atoms with Crippen molar-refractivity contribution in [2.75, 3.05) is 19.9 Å². The molecule has 2 N–H and O–H groups in total. The third-order valence-corrected chi connectivity index (χ3v) is 4.90. The van der Waals surface area contributed by atoms with E-state index in [1.165, 1.54) is 5.52 Å². The molecule has 0 radical (unpaired) electrons. The van der Waals surface area contributed by atoms with Crippen LogP contribution in [0.4, 0.5) is 0 Å². The Bertz CT molecular complexity index is 1020. The Balaban J connectivity index is 0.00000256. The minimum atomic E-state index is 0. The molecule has 0 saturated carbocycles. The SMILES string of the molecule is CCNC(=NCc1ccc2c(c1)OCO2)NCCCn1c(C)nc2ccccc21.I. The van der Waals surface area contributed by atoms with Gasteiger partial charge in [0, 0.05) is 19.6 Å². The lowest BCUT2D eigenvalue weighted by Gasteiger charge is -2.12. The molecule has 30 heavy (non-hydrogen) atoms. The molecule has 0 spiro atoms. The Hall–Kier alpha value is -2.49. The van der Waals surface area contributed by atoms with Crippen molar-refractivity contribution < 1.29 is 9.47 Å². The van der Waals surface area contributed by atoms with E-state index in [9.17, 15) is 0 Å². The fourth-order valence-electron chi connectivity index (χ4n) is 3.47. The van der Waals surface area contributed by atoms with Crippen LogP contribution in [0.1, 0.15) is 24.7 Å². The number of fused-ring (bicyclic) bond motifs is 2. The number of imidazole rings is 1. The van der Waals surface area contributed by atoms with Gasteiger partial charge < -0.3 is 24.7 Å². The van der Waals surface area contributed by atoms with Gasteiger partial charge in [-0.1, -0.05) is 18.2 Å². The van der Waals surface area contributed by atoms with Gasteiger partial charge in [-0.2, -0.15) is 0 Å². The third kappa shape index (κ3) is 5.16. The number of aliphatic imine (C=N–C) groups is 1. The lowest BCUT2D eigenvalue weighted by Crippen LogP contribution is -2.38. The number of ether oxygens (including phenoxy) is 2. The largest absolute Gasteiger partial charge is 0.454 e. The molecule has 3 aromatic rings. The van der Waals surface area contributed by atoms with Crippen molar-refractivity contribution in [3.63, 3.8) is 0 Å². The second kappa shape index (κ2) is 10.5. The Kier molecular flexibility index (Phi) is 7.78. The van der Waals surface area contributed by atoms with Crippen LogP contribution in [0.25, 0.3) is 11.0 Å². The Labute approximate surface area is 193 Å². The van der Waals surface area contributed by atoms with E-state index < -0.39 is 0 Å². The molecular formula is C22H28IN5O2. The van der Waals surface area contributed by atoms with E-state index in [1.54, 1.807) is 0 Å². The van der Waals surface area contributed by atoms with Crippen molar-refractivity contribution in [3.05, 3.63) is 53.9 Å². The van der Waals surface area contributed by atoms with Crippen LogP contribution in [0.15, 0.2) is 47.5 Å². The van der Waals surface area contributed by atoms with Crippen molar-refractivity contribution >= 4 is 41.0 Å². The first-order valence-corrected chi connectivity index (χ1v) is 10.1. The van der Waals surface area contributed by atoms with Gasteiger partial charge in [0.05, 0.1) is 17.6 Å². The van der Waals surface area contributed by atoms with E-state index >= 15 is 0 Å². The first-order chi connectivity index (χ1) is 14.2. The third-order valence-electron chi connectivity index (χ3n) is 4.90. The summed E-state index contributed by atoms with van der Waals surface area (Å²) in [4.78, 5) is 9.32. The number of guanidine groups is 1. The standard InChI is InChI=1S/C22H27N5O2.HI/c1-3-23-22(25-14-17-9-10-20-21(13-17)29-15-28-20)24-11-6-12-27-16(2)26-18-7-4-5-8-19(18)27;/h4-5,7-10,13H,3,6,11-12,14-15H2,1-2H3,(H2,23,24,25);1H. The van der Waals surface area contributed by atoms with Gasteiger partial charge in [0.1, 0.15) is 5.82 Å². The molecule has 0 aliphatic carbocycles. The quantitative estimate of drug-likeness (QED) is 0.214. The molecule has 0 bridgehead atoms. The highest BCUT2D eigenvalue weighted by molar-refractivity contribution is 14.0. The van der Waals surface area contributed by atoms with Gasteiger partial charge in [-0.25, -0.2) is 9.98 Å². The second-order valence-electron chi connectivity index (χ2n) is 6.96. The van der Waals surface area contributed by atoms with Crippen molar-refractivity contribution in [2.24, 2.45) is 4.99 Å². The van der Waals surface area contributed by atoms with Crippen molar-refractivity contribution in [3.8, 4) is 11.5 Å². The molecular weight excluding hydrogens is 493 g/mol. The highest BCUT2D eigenvalue weighted by Gasteiger charge is 2.13. The highest BCUT2D eigenvalue weighted by Crippen LogP contribution is 2.32. The Morgan fingerprint density at radius 2 is 1.97 bits per heavy atom. The minimum absolute atomic E-state index is 0. The van der Waals surface area contributed by atoms with E-state index in [0.717, 1.165) is 60.4 Å². The summed E-state index contributed by atoms with van der Waals surface area (Å²) in [5, 5.41) is 6.73. The smallest absolute Gasteiger partial charge is 0.231 e. The van der Waals surface area contributed by atoms with Gasteiger partial charge >= 0.3 is 0 Å². The molecule has 2 aromatic carbocycles. The summed E-state index contributed by atoms with van der Waals surface area (Å²) in [6.45, 7) is 7.57. The molecule has 1 aliphatic rings. The van der Waals surface area contributed by atoms with E-state index in [-0.39, 0.29) is 30.8 Å². The molecule has 0 fully saturated rings. The molecule has 4 rings (SSSR count). The van der Waals surface area contributed by atoms with E-state index in [4.69, 9.17) is 14.5 Å². The van der Waals surface area contributed by atoms with Gasteiger partial charge in [0.25, 0.3) is 0 Å². The molecule has 8 heteroatoms. The fourth-order valence-corrected chi connectivity index (χ4v) is 3.47. The molecule has 0 amide bonds. The van der Waals surface area contributed by atoms with Crippen LogP contribution in [0.2, 0.25) is 0 Å². The number of aryl methyl sites for hydroxylation is 2. The first kappa shape index (κ1) is 22.2. The zero-order chi connectivity index (χ0) is 20.1. The maximum Gasteiger partial charge on any atom is 0.231 e. The molecule has 1 aromatic heterocycles. The summed E-state index contributed by atoms with van der Waals surface area (Å²) in [6, 6.07) is 14.2. The Morgan fingerprint density at radius 1 is 1.13 bits per heavy atom. The summed E-state index contributed by atoms with van der Waals surface area (Å²) >= 11 is 0. The number of nitrogens with one attached hydrogen (secondary N) is 2. The van der Waals surface area contributed by atoms with Crippen LogP contribution in [0.3, 0.4) is 0 Å². The first-order valence-electron chi connectivity index (χ1n) is 10.1. The lowest BCUT2D eigenvalue weighted by atomic mass is 10.2. The maximum atomic E-state index is 5.44. The number of nitrogens with zero attached hydrogens (tertiary/aromatic N) is 3. The Morgan fingerprint density at radius 3 is 2.83 bits per heavy atom. The highest BCUT2D eigenvalue weighted by atomic mass is 127. The van der Waals surface area contributed by atoms with Crippen LogP contribution in [0.5, 0.6) is 11.5 Å². The number of rotatable bonds is 7. The van der Waals surface area contributed by atoms with Crippen LogP contribution in [0, 0.1) is 6.92 Å². The topological polar surface area (TPSA) is 72.7 Å². The van der Waals surface area contributed by atoms with Crippen LogP contribution >= 0.6 is 24.0 Å². The molecule has 0 unspecified atom stereocenters. The summed E-state index contributed by atoms with van der Waals surface area (Å²) in [6.07, 6.45) is 0.982. The van der Waals surface area contributed by atoms with E-state index in [0.29, 0.717) is 6.54 Å². The fraction of sp³-hybridized carbons (Fsp3) is 0.364. The van der Waals surface area contributed by atoms with Gasteiger partial charge in [-0.3, -0.25) is 0 Å². The average Bonchev–Trinajstić information content (AvgIpc) is 3.32. The molecule has 0 saturated heterocycles. The van der Waals surface area contributed by atoms with Gasteiger partial charge in [-0.15, -0.1) is 24.0 Å². The second-order valence-corrected chi connectivity index (χ2v) is 6.96. The minimum Gasteiger partial charge on any atom is -0.454 e. The zero-order valence-electron chi connectivity index (χ0n) is 17.4. The summed E-state index contributed by atoms with van der Waals surface area (Å²) in [7, 11) is 0. The summed E-state index contributed by atoms with van der Waals surface area (Å²) < 4.78 is 13.1. The molecule has 2 heterocycles. The normalized spacial score (nSPS) is 12.7. The van der Waals surface area contributed by atoms with Crippen LogP contribution in [-0.4, -0.2) is 35.4 Å². The number of aromatic nitrogens is 2. The summed E-state index contributed by atoms with van der Waals surface area (Å²) in [5.74, 6) is 3.45. The maximum absolute atomic E-state index is 5.44. The number of hydrogen-bond acceptors (Lipinski definition) is 4. The van der Waals surface area contributed by atoms with Gasteiger partial charge in [0.15, 0.2) is 17.5 Å². The molecule has 1 aliphatic heterocycles. The number of benzene rings is 2. The number of hydrogen-bond donors (Lipinski definition) is 2. The monoisotopic (exact) mass is 521 g/mol. The predicted molar refractivity (Wildman–Crippen MR) is 130 cm³/mol. The van der Waals surface area contributed by atoms with Gasteiger partial charge in [-0.05, 0) is 50.1 Å². The van der Waals surface area contributed by atoms with E-state index in [1.807, 2.05) is 24.3 Å². The van der Waals surface area contributed by atoms with Crippen molar-refractivity contribution in [2.45, 2.75) is 33.4 Å². The van der Waals surface area contributed by atoms with Crippen molar-refractivity contribution in [1.82, 2.24) is 20.2 Å². The summed E-state index contributed by atoms with van der Waals surface area (Å²) in [5.41, 5.74) is 3.33. The lowest BCUT2D eigenvalue weighted by molar-refractivity contribution is 0.174. The van der Waals surface area contributed by atoms with Gasteiger partial charge in [0.2, 0.25) is 6.79 Å². The number of para-hydroxylation sites is 2. The predicted octanol–water partition coefficient (Wildman–Crippen LogP) is 3.84. The molecule has 7 nitrogen and oxygen atoms in total. The molecule has 160 valence electrons. The van der Waals surface area contributed by atoms with Crippen LogP contribution < -0.4 is 20.1 Å².